The Hall–Kier alpha value is -2.04. The minimum Gasteiger partial charge on any atom is -0.454 e. The summed E-state index contributed by atoms with van der Waals surface area (Å²) in [5.41, 5.74) is 4.38. The summed E-state index contributed by atoms with van der Waals surface area (Å²) in [5, 5.41) is 4.32. The highest BCUT2D eigenvalue weighted by atomic mass is 16.7. The molecule has 4 rings (SSSR count). The van der Waals surface area contributed by atoms with Crippen molar-refractivity contribution >= 4 is 11.6 Å². The van der Waals surface area contributed by atoms with Gasteiger partial charge in [-0.1, -0.05) is 0 Å². The molecule has 1 aromatic rings. The molecule has 3 aliphatic rings. The lowest BCUT2D eigenvalue weighted by Crippen LogP contribution is -2.21. The molecule has 2 atom stereocenters. The van der Waals surface area contributed by atoms with Gasteiger partial charge in [-0.2, -0.15) is 5.10 Å². The SMILES string of the molecule is O=C(NN=C1CC2CCC1C2)c1ccc2c(c1)OCO2. The van der Waals surface area contributed by atoms with E-state index in [1.165, 1.54) is 19.3 Å². The van der Waals surface area contributed by atoms with Gasteiger partial charge in [-0.25, -0.2) is 5.43 Å². The monoisotopic (exact) mass is 272 g/mol. The van der Waals surface area contributed by atoms with Gasteiger partial charge >= 0.3 is 0 Å². The Morgan fingerprint density at radius 2 is 2.15 bits per heavy atom. The molecule has 1 aromatic carbocycles. The maximum absolute atomic E-state index is 12.1. The molecule has 5 nitrogen and oxygen atoms in total. The van der Waals surface area contributed by atoms with Crippen LogP contribution in [0, 0.1) is 11.8 Å². The van der Waals surface area contributed by atoms with E-state index in [-0.39, 0.29) is 12.7 Å². The van der Waals surface area contributed by atoms with Crippen molar-refractivity contribution < 1.29 is 14.3 Å². The lowest BCUT2D eigenvalue weighted by molar-refractivity contribution is 0.0954. The Morgan fingerprint density at radius 3 is 2.95 bits per heavy atom. The molecule has 2 aliphatic carbocycles. The van der Waals surface area contributed by atoms with Gasteiger partial charge in [0, 0.05) is 11.3 Å². The Bertz CT molecular complexity index is 597. The Balaban J connectivity index is 1.47. The fourth-order valence-corrected chi connectivity index (χ4v) is 3.39. The number of ether oxygens (including phenoxy) is 2. The van der Waals surface area contributed by atoms with E-state index < -0.39 is 0 Å². The van der Waals surface area contributed by atoms with Gasteiger partial charge < -0.3 is 9.47 Å². The molecule has 2 bridgehead atoms. The Morgan fingerprint density at radius 1 is 1.25 bits per heavy atom. The molecule has 1 N–H and O–H groups in total. The van der Waals surface area contributed by atoms with Crippen LogP contribution in [0.1, 0.15) is 36.0 Å². The number of carbonyl (C=O) groups excluding carboxylic acids is 1. The van der Waals surface area contributed by atoms with E-state index in [0.717, 1.165) is 18.1 Å². The van der Waals surface area contributed by atoms with Gasteiger partial charge in [-0.05, 0) is 55.7 Å². The molecule has 104 valence electrons. The van der Waals surface area contributed by atoms with Gasteiger partial charge in [0.15, 0.2) is 11.5 Å². The zero-order valence-electron chi connectivity index (χ0n) is 11.1. The van der Waals surface area contributed by atoms with Crippen LogP contribution in [-0.2, 0) is 0 Å². The largest absolute Gasteiger partial charge is 0.454 e. The highest BCUT2D eigenvalue weighted by Gasteiger charge is 2.36. The van der Waals surface area contributed by atoms with Crippen LogP contribution in [0.4, 0.5) is 0 Å². The Kier molecular flexibility index (Phi) is 2.65. The summed E-state index contributed by atoms with van der Waals surface area (Å²) in [6.45, 7) is 0.214. The molecule has 0 radical (unpaired) electrons. The van der Waals surface area contributed by atoms with Crippen LogP contribution >= 0.6 is 0 Å². The second kappa shape index (κ2) is 4.51. The smallest absolute Gasteiger partial charge is 0.271 e. The van der Waals surface area contributed by atoms with Crippen LogP contribution in [0.3, 0.4) is 0 Å². The van der Waals surface area contributed by atoms with Crippen molar-refractivity contribution in [1.82, 2.24) is 5.43 Å². The molecule has 1 amide bonds. The molecule has 2 unspecified atom stereocenters. The van der Waals surface area contributed by atoms with Crippen molar-refractivity contribution in [3.63, 3.8) is 0 Å². The Labute approximate surface area is 117 Å². The van der Waals surface area contributed by atoms with Gasteiger partial charge in [-0.3, -0.25) is 4.79 Å². The van der Waals surface area contributed by atoms with E-state index in [4.69, 9.17) is 9.47 Å². The number of rotatable bonds is 2. The van der Waals surface area contributed by atoms with Crippen molar-refractivity contribution in [2.24, 2.45) is 16.9 Å². The lowest BCUT2D eigenvalue weighted by Gasteiger charge is -2.11. The predicted molar refractivity (Wildman–Crippen MR) is 72.9 cm³/mol. The first-order valence-corrected chi connectivity index (χ1v) is 7.06. The highest BCUT2D eigenvalue weighted by molar-refractivity contribution is 5.97. The topological polar surface area (TPSA) is 59.9 Å². The van der Waals surface area contributed by atoms with Crippen molar-refractivity contribution in [3.05, 3.63) is 23.8 Å². The molecule has 2 saturated carbocycles. The molecule has 0 saturated heterocycles. The number of fused-ring (bicyclic) bond motifs is 3. The molecule has 1 aliphatic heterocycles. The number of hydrazone groups is 1. The normalized spacial score (nSPS) is 28.1. The molecule has 2 fully saturated rings. The first-order valence-electron chi connectivity index (χ1n) is 7.06. The zero-order chi connectivity index (χ0) is 13.5. The van der Waals surface area contributed by atoms with E-state index in [2.05, 4.69) is 10.5 Å². The minimum atomic E-state index is -0.196. The van der Waals surface area contributed by atoms with Crippen molar-refractivity contribution in [1.29, 1.82) is 0 Å². The average Bonchev–Trinajstić information content (AvgIpc) is 3.19. The van der Waals surface area contributed by atoms with Gasteiger partial charge in [0.2, 0.25) is 6.79 Å². The molecular weight excluding hydrogens is 256 g/mol. The van der Waals surface area contributed by atoms with Crippen LogP contribution in [0.5, 0.6) is 11.5 Å². The van der Waals surface area contributed by atoms with Crippen LogP contribution in [0.15, 0.2) is 23.3 Å². The number of nitrogens with zero attached hydrogens (tertiary/aromatic N) is 1. The average molecular weight is 272 g/mol. The molecule has 20 heavy (non-hydrogen) atoms. The quantitative estimate of drug-likeness (QED) is 0.840. The van der Waals surface area contributed by atoms with Crippen LogP contribution in [-0.4, -0.2) is 18.4 Å². The summed E-state index contributed by atoms with van der Waals surface area (Å²) in [7, 11) is 0. The second-order valence-electron chi connectivity index (χ2n) is 5.69. The number of hydrogen-bond acceptors (Lipinski definition) is 4. The maximum Gasteiger partial charge on any atom is 0.271 e. The van der Waals surface area contributed by atoms with Gasteiger partial charge in [-0.15, -0.1) is 0 Å². The summed E-state index contributed by atoms with van der Waals surface area (Å²) in [4.78, 5) is 12.1. The molecule has 0 spiro atoms. The second-order valence-corrected chi connectivity index (χ2v) is 5.69. The number of amides is 1. The molecule has 5 heteroatoms. The summed E-state index contributed by atoms with van der Waals surface area (Å²) in [5.74, 6) is 2.49. The lowest BCUT2D eigenvalue weighted by atomic mass is 9.99. The van der Waals surface area contributed by atoms with Crippen LogP contribution in [0.2, 0.25) is 0 Å². The molecule has 1 heterocycles. The van der Waals surface area contributed by atoms with Gasteiger partial charge in [0.1, 0.15) is 0 Å². The zero-order valence-corrected chi connectivity index (χ0v) is 11.1. The number of benzene rings is 1. The predicted octanol–water partition coefficient (Wildman–Crippen LogP) is 2.32. The summed E-state index contributed by atoms with van der Waals surface area (Å²) < 4.78 is 10.5. The van der Waals surface area contributed by atoms with Crippen molar-refractivity contribution in [3.8, 4) is 11.5 Å². The highest BCUT2D eigenvalue weighted by Crippen LogP contribution is 2.42. The standard InChI is InChI=1S/C15H16N2O3/c18-15(11-3-4-13-14(7-11)20-8-19-13)17-16-12-6-9-1-2-10(12)5-9/h3-4,7,9-10H,1-2,5-6,8H2,(H,17,18). The molecular formula is C15H16N2O3. The maximum atomic E-state index is 12.1. The summed E-state index contributed by atoms with van der Waals surface area (Å²) in [6, 6.07) is 5.17. The number of carbonyl (C=O) groups is 1. The van der Waals surface area contributed by atoms with Crippen LogP contribution < -0.4 is 14.9 Å². The van der Waals surface area contributed by atoms with Gasteiger partial charge in [0.05, 0.1) is 0 Å². The van der Waals surface area contributed by atoms with Gasteiger partial charge in [0.25, 0.3) is 5.91 Å². The summed E-state index contributed by atoms with van der Waals surface area (Å²) in [6.07, 6.45) is 4.84. The third-order valence-electron chi connectivity index (χ3n) is 4.45. The van der Waals surface area contributed by atoms with E-state index >= 15 is 0 Å². The van der Waals surface area contributed by atoms with Crippen molar-refractivity contribution in [2.75, 3.05) is 6.79 Å². The first-order chi connectivity index (χ1) is 9.79. The number of hydrogen-bond donors (Lipinski definition) is 1. The fraction of sp³-hybridized carbons (Fsp3) is 0.467. The minimum absolute atomic E-state index is 0.196. The molecule has 0 aromatic heterocycles. The van der Waals surface area contributed by atoms with E-state index in [1.54, 1.807) is 18.2 Å². The summed E-state index contributed by atoms with van der Waals surface area (Å²) >= 11 is 0. The first kappa shape index (κ1) is 11.8. The van der Waals surface area contributed by atoms with Crippen LogP contribution in [0.25, 0.3) is 0 Å². The third-order valence-corrected chi connectivity index (χ3v) is 4.45. The van der Waals surface area contributed by atoms with E-state index in [9.17, 15) is 4.79 Å². The number of nitrogens with one attached hydrogen (secondary N) is 1. The van der Waals surface area contributed by atoms with Crippen molar-refractivity contribution in [2.45, 2.75) is 25.7 Å². The van der Waals surface area contributed by atoms with E-state index in [1.807, 2.05) is 0 Å². The van der Waals surface area contributed by atoms with E-state index in [0.29, 0.717) is 23.0 Å². The third kappa shape index (κ3) is 1.94. The fourth-order valence-electron chi connectivity index (χ4n) is 3.39.